The van der Waals surface area contributed by atoms with Crippen molar-refractivity contribution in [2.24, 2.45) is 0 Å². The van der Waals surface area contributed by atoms with Crippen LogP contribution in [0.25, 0.3) is 0 Å². The highest BCUT2D eigenvalue weighted by Crippen LogP contribution is 2.28. The Kier molecular flexibility index (Phi) is 3.52. The lowest BCUT2D eigenvalue weighted by atomic mass is 10.2. The number of imidazole rings is 1. The van der Waals surface area contributed by atoms with Gasteiger partial charge in [-0.05, 0) is 25.7 Å². The summed E-state index contributed by atoms with van der Waals surface area (Å²) >= 11 is 0. The van der Waals surface area contributed by atoms with Gasteiger partial charge in [-0.15, -0.1) is 0 Å². The summed E-state index contributed by atoms with van der Waals surface area (Å²) in [5.74, 6) is 1.43. The van der Waals surface area contributed by atoms with Crippen molar-refractivity contribution in [1.82, 2.24) is 9.55 Å². The maximum Gasteiger partial charge on any atom is 0.203 e. The van der Waals surface area contributed by atoms with Gasteiger partial charge in [-0.25, -0.2) is 13.4 Å². The Morgan fingerprint density at radius 1 is 1.21 bits per heavy atom. The molecule has 0 bridgehead atoms. The number of anilines is 1. The van der Waals surface area contributed by atoms with E-state index >= 15 is 0 Å². The molecular weight excluding hydrogens is 262 g/mol. The van der Waals surface area contributed by atoms with Crippen LogP contribution in [0.5, 0.6) is 0 Å². The van der Waals surface area contributed by atoms with Crippen LogP contribution in [0.15, 0.2) is 12.4 Å². The minimum absolute atomic E-state index is 0.0464. The van der Waals surface area contributed by atoms with Gasteiger partial charge < -0.3 is 9.88 Å². The van der Waals surface area contributed by atoms with Crippen LogP contribution in [-0.2, 0) is 9.84 Å². The standard InChI is InChI=1S/C13H21N3O2S/c17-19(18)9-3-6-12(10-19)16-8-7-14-13(16)15-11-4-1-2-5-11/h7-8,11-12H,1-6,9-10H2,(H,14,15). The van der Waals surface area contributed by atoms with E-state index in [1.165, 1.54) is 25.7 Å². The summed E-state index contributed by atoms with van der Waals surface area (Å²) in [7, 11) is -2.88. The van der Waals surface area contributed by atoms with Crippen molar-refractivity contribution in [2.45, 2.75) is 50.6 Å². The molecule has 0 radical (unpaired) electrons. The zero-order chi connectivity index (χ0) is 13.3. The molecule has 3 rings (SSSR count). The fraction of sp³-hybridized carbons (Fsp3) is 0.769. The van der Waals surface area contributed by atoms with Crippen molar-refractivity contribution >= 4 is 15.8 Å². The van der Waals surface area contributed by atoms with Gasteiger partial charge in [-0.3, -0.25) is 0 Å². The summed E-state index contributed by atoms with van der Waals surface area (Å²) in [6.45, 7) is 0. The van der Waals surface area contributed by atoms with Gasteiger partial charge in [0.15, 0.2) is 9.84 Å². The van der Waals surface area contributed by atoms with E-state index in [0.29, 0.717) is 11.8 Å². The molecule has 1 atom stereocenters. The number of aromatic nitrogens is 2. The molecule has 1 aliphatic heterocycles. The minimum atomic E-state index is -2.88. The minimum Gasteiger partial charge on any atom is -0.353 e. The van der Waals surface area contributed by atoms with Gasteiger partial charge in [0.1, 0.15) is 0 Å². The molecule has 0 spiro atoms. The molecule has 1 aromatic rings. The van der Waals surface area contributed by atoms with Crippen LogP contribution in [0.1, 0.15) is 44.6 Å². The van der Waals surface area contributed by atoms with Crippen LogP contribution in [0.3, 0.4) is 0 Å². The van der Waals surface area contributed by atoms with E-state index in [4.69, 9.17) is 0 Å². The zero-order valence-corrected chi connectivity index (χ0v) is 11.9. The predicted octanol–water partition coefficient (Wildman–Crippen LogP) is 1.99. The molecule has 2 aliphatic rings. The third-order valence-electron chi connectivity index (χ3n) is 4.19. The van der Waals surface area contributed by atoms with Crippen molar-refractivity contribution in [2.75, 3.05) is 16.8 Å². The van der Waals surface area contributed by atoms with Gasteiger partial charge in [0.25, 0.3) is 0 Å². The topological polar surface area (TPSA) is 64.0 Å². The number of rotatable bonds is 3. The van der Waals surface area contributed by atoms with Crippen molar-refractivity contribution in [3.05, 3.63) is 12.4 Å². The molecule has 1 saturated carbocycles. The highest BCUT2D eigenvalue weighted by atomic mass is 32.2. The molecule has 2 fully saturated rings. The second-order valence-electron chi connectivity index (χ2n) is 5.69. The van der Waals surface area contributed by atoms with E-state index in [1.807, 2.05) is 10.8 Å². The molecule has 1 unspecified atom stereocenters. The van der Waals surface area contributed by atoms with Gasteiger partial charge in [-0.1, -0.05) is 12.8 Å². The maximum absolute atomic E-state index is 11.8. The first-order valence-corrected chi connectivity index (χ1v) is 8.96. The number of hydrogen-bond donors (Lipinski definition) is 1. The lowest BCUT2D eigenvalue weighted by Crippen LogP contribution is -2.29. The number of hydrogen-bond acceptors (Lipinski definition) is 4. The molecule has 19 heavy (non-hydrogen) atoms. The third-order valence-corrected chi connectivity index (χ3v) is 5.99. The predicted molar refractivity (Wildman–Crippen MR) is 75.0 cm³/mol. The largest absolute Gasteiger partial charge is 0.353 e. The van der Waals surface area contributed by atoms with Crippen molar-refractivity contribution in [3.63, 3.8) is 0 Å². The van der Waals surface area contributed by atoms with E-state index < -0.39 is 9.84 Å². The summed E-state index contributed by atoms with van der Waals surface area (Å²) in [6.07, 6.45) is 10.3. The molecule has 1 aliphatic carbocycles. The Morgan fingerprint density at radius 2 is 2.00 bits per heavy atom. The highest BCUT2D eigenvalue weighted by Gasteiger charge is 2.27. The zero-order valence-electron chi connectivity index (χ0n) is 11.1. The van der Waals surface area contributed by atoms with Crippen molar-refractivity contribution in [1.29, 1.82) is 0 Å². The average molecular weight is 283 g/mol. The molecule has 6 heteroatoms. The number of nitrogens with zero attached hydrogens (tertiary/aromatic N) is 2. The number of nitrogens with one attached hydrogen (secondary N) is 1. The fourth-order valence-corrected chi connectivity index (χ4v) is 4.88. The van der Waals surface area contributed by atoms with Crippen molar-refractivity contribution < 1.29 is 8.42 Å². The SMILES string of the molecule is O=S1(=O)CCCC(n2ccnc2NC2CCCC2)C1. The first-order chi connectivity index (χ1) is 9.14. The normalized spacial score (nSPS) is 27.5. The molecule has 0 aromatic carbocycles. The smallest absolute Gasteiger partial charge is 0.203 e. The lowest BCUT2D eigenvalue weighted by molar-refractivity contribution is 0.472. The summed E-state index contributed by atoms with van der Waals surface area (Å²) in [6, 6.07) is 0.548. The molecule has 106 valence electrons. The Bertz CT molecular complexity index is 532. The average Bonchev–Trinajstić information content (AvgIpc) is 2.99. The van der Waals surface area contributed by atoms with Crippen LogP contribution in [0.4, 0.5) is 5.95 Å². The van der Waals surface area contributed by atoms with Crippen LogP contribution in [-0.4, -0.2) is 35.5 Å². The Morgan fingerprint density at radius 3 is 2.74 bits per heavy atom. The van der Waals surface area contributed by atoms with E-state index in [2.05, 4.69) is 10.3 Å². The van der Waals surface area contributed by atoms with Crippen LogP contribution in [0.2, 0.25) is 0 Å². The first kappa shape index (κ1) is 13.0. The van der Waals surface area contributed by atoms with Gasteiger partial charge >= 0.3 is 0 Å². The summed E-state index contributed by atoms with van der Waals surface area (Å²) < 4.78 is 25.5. The quantitative estimate of drug-likeness (QED) is 0.921. The van der Waals surface area contributed by atoms with Crippen LogP contribution < -0.4 is 5.32 Å². The highest BCUT2D eigenvalue weighted by molar-refractivity contribution is 7.91. The molecule has 1 saturated heterocycles. The monoisotopic (exact) mass is 283 g/mol. The third kappa shape index (κ3) is 2.94. The molecular formula is C13H21N3O2S. The van der Waals surface area contributed by atoms with Gasteiger partial charge in [0.05, 0.1) is 17.5 Å². The molecule has 0 amide bonds. The van der Waals surface area contributed by atoms with E-state index in [9.17, 15) is 8.42 Å². The Hall–Kier alpha value is -1.04. The Labute approximate surface area is 114 Å². The van der Waals surface area contributed by atoms with Gasteiger partial charge in [-0.2, -0.15) is 0 Å². The van der Waals surface area contributed by atoms with Crippen LogP contribution in [0, 0.1) is 0 Å². The fourth-order valence-electron chi connectivity index (χ4n) is 3.19. The van der Waals surface area contributed by atoms with Gasteiger partial charge in [0, 0.05) is 18.4 Å². The number of sulfone groups is 1. The first-order valence-electron chi connectivity index (χ1n) is 7.14. The van der Waals surface area contributed by atoms with Crippen molar-refractivity contribution in [3.8, 4) is 0 Å². The summed E-state index contributed by atoms with van der Waals surface area (Å²) in [5, 5.41) is 3.47. The summed E-state index contributed by atoms with van der Waals surface area (Å²) in [5.41, 5.74) is 0. The maximum atomic E-state index is 11.8. The molecule has 5 nitrogen and oxygen atoms in total. The molecule has 1 N–H and O–H groups in total. The Balaban J connectivity index is 1.75. The molecule has 1 aromatic heterocycles. The summed E-state index contributed by atoms with van der Waals surface area (Å²) in [4.78, 5) is 4.36. The second-order valence-corrected chi connectivity index (χ2v) is 7.92. The van der Waals surface area contributed by atoms with Crippen LogP contribution >= 0.6 is 0 Å². The van der Waals surface area contributed by atoms with Gasteiger partial charge in [0.2, 0.25) is 5.95 Å². The van der Waals surface area contributed by atoms with E-state index in [0.717, 1.165) is 18.8 Å². The van der Waals surface area contributed by atoms with E-state index in [1.54, 1.807) is 6.20 Å². The molecule has 2 heterocycles. The van der Waals surface area contributed by atoms with E-state index in [-0.39, 0.29) is 11.8 Å². The lowest BCUT2D eigenvalue weighted by Gasteiger charge is -2.25. The second kappa shape index (κ2) is 5.15.